The second-order valence-corrected chi connectivity index (χ2v) is 6.19. The molecule has 2 N–H and O–H groups in total. The molecule has 1 unspecified atom stereocenters. The Kier molecular flexibility index (Phi) is 9.46. The molecule has 0 aromatic heterocycles. The van der Waals surface area contributed by atoms with E-state index in [0.717, 1.165) is 27.6 Å². The van der Waals surface area contributed by atoms with Crippen LogP contribution in [0, 0.1) is 0 Å². The fourth-order valence-corrected chi connectivity index (χ4v) is 3.19. The number of halogens is 2. The summed E-state index contributed by atoms with van der Waals surface area (Å²) in [6.45, 7) is 2.65. The summed E-state index contributed by atoms with van der Waals surface area (Å²) in [6, 6.07) is 3.98. The molecule has 7 heteroatoms. The zero-order valence-corrected chi connectivity index (χ0v) is 15.4. The number of rotatable bonds is 10. The predicted octanol–water partition coefficient (Wildman–Crippen LogP) is 2.33. The summed E-state index contributed by atoms with van der Waals surface area (Å²) < 4.78 is 17.1. The first kappa shape index (κ1) is 18.9. The molecular formula is C14H21Br2NO4. The molecule has 0 spiro atoms. The Labute approximate surface area is 142 Å². The molecule has 0 aliphatic heterocycles. The second-order valence-electron chi connectivity index (χ2n) is 4.48. The first-order chi connectivity index (χ1) is 10.1. The van der Waals surface area contributed by atoms with Gasteiger partial charge in [0.1, 0.15) is 18.5 Å². The first-order valence-corrected chi connectivity index (χ1v) is 8.14. The van der Waals surface area contributed by atoms with E-state index in [2.05, 4.69) is 37.2 Å². The van der Waals surface area contributed by atoms with Crippen LogP contribution in [-0.4, -0.2) is 51.8 Å². The summed E-state index contributed by atoms with van der Waals surface area (Å²) in [6.07, 6.45) is -0.649. The monoisotopic (exact) mass is 425 g/mol. The minimum Gasteiger partial charge on any atom is -0.488 e. The van der Waals surface area contributed by atoms with Gasteiger partial charge in [-0.1, -0.05) is 0 Å². The van der Waals surface area contributed by atoms with Crippen molar-refractivity contribution < 1.29 is 19.3 Å². The van der Waals surface area contributed by atoms with Crippen LogP contribution in [0.4, 0.5) is 0 Å². The van der Waals surface area contributed by atoms with Gasteiger partial charge in [-0.05, 0) is 49.6 Å². The Morgan fingerprint density at radius 1 is 1.14 bits per heavy atom. The quantitative estimate of drug-likeness (QED) is 0.562. The van der Waals surface area contributed by atoms with Crippen LogP contribution in [0.3, 0.4) is 0 Å². The van der Waals surface area contributed by atoms with E-state index >= 15 is 0 Å². The maximum atomic E-state index is 9.61. The molecule has 0 bridgehead atoms. The summed E-state index contributed by atoms with van der Waals surface area (Å²) in [7, 11) is 3.22. The molecule has 5 nitrogen and oxygen atoms in total. The fourth-order valence-electron chi connectivity index (χ4n) is 1.68. The third-order valence-electron chi connectivity index (χ3n) is 2.65. The Morgan fingerprint density at radius 2 is 1.81 bits per heavy atom. The first-order valence-electron chi connectivity index (χ1n) is 6.55. The van der Waals surface area contributed by atoms with E-state index in [1.807, 2.05) is 12.1 Å². The van der Waals surface area contributed by atoms with Gasteiger partial charge < -0.3 is 24.6 Å². The van der Waals surface area contributed by atoms with Gasteiger partial charge in [0.05, 0.1) is 22.2 Å². The maximum absolute atomic E-state index is 9.61. The van der Waals surface area contributed by atoms with E-state index in [1.54, 1.807) is 14.2 Å². The molecule has 0 amide bonds. The van der Waals surface area contributed by atoms with Crippen LogP contribution < -0.4 is 10.1 Å². The van der Waals surface area contributed by atoms with Crippen molar-refractivity contribution in [3.8, 4) is 5.75 Å². The highest BCUT2D eigenvalue weighted by Crippen LogP contribution is 2.34. The summed E-state index contributed by atoms with van der Waals surface area (Å²) >= 11 is 6.98. The van der Waals surface area contributed by atoms with Crippen molar-refractivity contribution in [1.82, 2.24) is 5.32 Å². The highest BCUT2D eigenvalue weighted by atomic mass is 79.9. The van der Waals surface area contributed by atoms with Gasteiger partial charge in [-0.25, -0.2) is 0 Å². The lowest BCUT2D eigenvalue weighted by molar-refractivity contribution is 0.0322. The van der Waals surface area contributed by atoms with Crippen LogP contribution >= 0.6 is 31.9 Å². The Hall–Kier alpha value is -0.180. The molecule has 0 heterocycles. The Balaban J connectivity index is 2.58. The number of ether oxygens (including phenoxy) is 3. The topological polar surface area (TPSA) is 60.0 Å². The van der Waals surface area contributed by atoms with Crippen molar-refractivity contribution in [1.29, 1.82) is 0 Å². The van der Waals surface area contributed by atoms with Crippen molar-refractivity contribution in [3.63, 3.8) is 0 Å². The van der Waals surface area contributed by atoms with Gasteiger partial charge in [0, 0.05) is 27.3 Å². The number of nitrogens with one attached hydrogen (secondary N) is 1. The summed E-state index contributed by atoms with van der Waals surface area (Å²) in [5.74, 6) is 0.672. The average molecular weight is 427 g/mol. The van der Waals surface area contributed by atoms with Crippen LogP contribution in [-0.2, 0) is 16.0 Å². The normalized spacial score (nSPS) is 12.4. The van der Waals surface area contributed by atoms with E-state index in [-0.39, 0.29) is 13.2 Å². The molecule has 21 heavy (non-hydrogen) atoms. The van der Waals surface area contributed by atoms with E-state index in [4.69, 9.17) is 14.2 Å². The van der Waals surface area contributed by atoms with Gasteiger partial charge >= 0.3 is 0 Å². The van der Waals surface area contributed by atoms with E-state index in [1.165, 1.54) is 0 Å². The Morgan fingerprint density at radius 3 is 2.38 bits per heavy atom. The van der Waals surface area contributed by atoms with Gasteiger partial charge in [0.2, 0.25) is 0 Å². The summed E-state index contributed by atoms with van der Waals surface area (Å²) in [4.78, 5) is 0. The lowest BCUT2D eigenvalue weighted by atomic mass is 10.2. The number of aliphatic hydroxyl groups excluding tert-OH is 1. The lowest BCUT2D eigenvalue weighted by Gasteiger charge is -2.15. The molecule has 1 aromatic rings. The molecule has 0 aliphatic carbocycles. The molecule has 1 aromatic carbocycles. The Bertz CT molecular complexity index is 408. The highest BCUT2D eigenvalue weighted by Gasteiger charge is 2.11. The van der Waals surface area contributed by atoms with E-state index < -0.39 is 6.10 Å². The van der Waals surface area contributed by atoms with Crippen molar-refractivity contribution in [2.75, 3.05) is 40.6 Å². The molecule has 0 aliphatic rings. The molecule has 0 saturated carbocycles. The third-order valence-corrected chi connectivity index (χ3v) is 3.83. The molecule has 120 valence electrons. The largest absolute Gasteiger partial charge is 0.488 e. The maximum Gasteiger partial charge on any atom is 0.147 e. The van der Waals surface area contributed by atoms with Crippen LogP contribution in [0.15, 0.2) is 21.1 Å². The molecule has 1 rings (SSSR count). The average Bonchev–Trinajstić information content (AvgIpc) is 2.43. The van der Waals surface area contributed by atoms with Crippen molar-refractivity contribution in [2.45, 2.75) is 12.6 Å². The van der Waals surface area contributed by atoms with Gasteiger partial charge in [-0.2, -0.15) is 0 Å². The smallest absolute Gasteiger partial charge is 0.147 e. The molecule has 0 fully saturated rings. The minimum atomic E-state index is -0.649. The van der Waals surface area contributed by atoms with Crippen LogP contribution in [0.1, 0.15) is 5.56 Å². The van der Waals surface area contributed by atoms with Crippen molar-refractivity contribution in [3.05, 3.63) is 26.6 Å². The predicted molar refractivity (Wildman–Crippen MR) is 88.8 cm³/mol. The van der Waals surface area contributed by atoms with Gasteiger partial charge in [-0.3, -0.25) is 0 Å². The zero-order valence-electron chi connectivity index (χ0n) is 12.2. The standard InChI is InChI=1S/C14H21Br2NO4/c1-19-4-3-17-7-10-5-12(15)14(13(16)6-10)21-9-11(18)8-20-2/h5-6,11,17-18H,3-4,7-9H2,1-2H3. The molecule has 1 atom stereocenters. The summed E-state index contributed by atoms with van der Waals surface area (Å²) in [5, 5.41) is 12.9. The van der Waals surface area contributed by atoms with Crippen LogP contribution in [0.25, 0.3) is 0 Å². The third kappa shape index (κ3) is 7.08. The molecule has 0 saturated heterocycles. The molecule has 0 radical (unpaired) electrons. The van der Waals surface area contributed by atoms with Crippen molar-refractivity contribution in [2.24, 2.45) is 0 Å². The van der Waals surface area contributed by atoms with Crippen molar-refractivity contribution >= 4 is 31.9 Å². The number of hydrogen-bond acceptors (Lipinski definition) is 5. The second kappa shape index (κ2) is 10.5. The highest BCUT2D eigenvalue weighted by molar-refractivity contribution is 9.11. The zero-order chi connectivity index (χ0) is 15.7. The van der Waals surface area contributed by atoms with Gasteiger partial charge in [0.25, 0.3) is 0 Å². The lowest BCUT2D eigenvalue weighted by Crippen LogP contribution is -2.23. The summed E-state index contributed by atoms with van der Waals surface area (Å²) in [5.41, 5.74) is 1.12. The number of hydrogen-bond donors (Lipinski definition) is 2. The van der Waals surface area contributed by atoms with E-state index in [0.29, 0.717) is 12.4 Å². The van der Waals surface area contributed by atoms with Gasteiger partial charge in [-0.15, -0.1) is 0 Å². The number of aliphatic hydroxyl groups is 1. The number of benzene rings is 1. The molecular weight excluding hydrogens is 406 g/mol. The number of methoxy groups -OCH3 is 2. The van der Waals surface area contributed by atoms with Crippen LogP contribution in [0.2, 0.25) is 0 Å². The fraction of sp³-hybridized carbons (Fsp3) is 0.571. The van der Waals surface area contributed by atoms with E-state index in [9.17, 15) is 5.11 Å². The SMILES string of the molecule is COCCNCc1cc(Br)c(OCC(O)COC)c(Br)c1. The van der Waals surface area contributed by atoms with Crippen LogP contribution in [0.5, 0.6) is 5.75 Å². The van der Waals surface area contributed by atoms with Gasteiger partial charge in [0.15, 0.2) is 0 Å². The minimum absolute atomic E-state index is 0.177.